The van der Waals surface area contributed by atoms with Crippen molar-refractivity contribution in [3.63, 3.8) is 0 Å². The molecule has 0 aromatic carbocycles. The van der Waals surface area contributed by atoms with Crippen LogP contribution < -0.4 is 16.0 Å². The first-order valence-electron chi connectivity index (χ1n) is 9.48. The van der Waals surface area contributed by atoms with Crippen molar-refractivity contribution in [2.75, 3.05) is 32.1 Å². The van der Waals surface area contributed by atoms with E-state index in [2.05, 4.69) is 36.9 Å². The predicted molar refractivity (Wildman–Crippen MR) is 115 cm³/mol. The minimum Gasteiger partial charge on any atom is -0.467 e. The molecule has 1 atom stereocenters. The number of anilines is 1. The summed E-state index contributed by atoms with van der Waals surface area (Å²) in [5.41, 5.74) is 0.555. The summed E-state index contributed by atoms with van der Waals surface area (Å²) in [6, 6.07) is 5.48. The Bertz CT molecular complexity index is 974. The van der Waals surface area contributed by atoms with Crippen molar-refractivity contribution >= 4 is 39.7 Å². The summed E-state index contributed by atoms with van der Waals surface area (Å²) in [5, 5.41) is 8.03. The lowest BCUT2D eigenvalue weighted by Crippen LogP contribution is -2.48. The van der Waals surface area contributed by atoms with E-state index in [1.165, 1.54) is 6.26 Å². The van der Waals surface area contributed by atoms with Gasteiger partial charge in [-0.3, -0.25) is 9.69 Å². The lowest BCUT2D eigenvalue weighted by molar-refractivity contribution is -0.139. The summed E-state index contributed by atoms with van der Waals surface area (Å²) in [6.45, 7) is 2.00. The number of nitrogens with one attached hydrogen (secondary N) is 3. The van der Waals surface area contributed by atoms with Gasteiger partial charge in [-0.1, -0.05) is 0 Å². The molecular weight excluding hydrogens is 470 g/mol. The van der Waals surface area contributed by atoms with E-state index in [0.717, 1.165) is 4.47 Å². The largest absolute Gasteiger partial charge is 0.467 e. The van der Waals surface area contributed by atoms with Gasteiger partial charge in [0.15, 0.2) is 0 Å². The van der Waals surface area contributed by atoms with Crippen LogP contribution in [0.25, 0.3) is 0 Å². The van der Waals surface area contributed by atoms with Gasteiger partial charge in [0, 0.05) is 22.9 Å². The van der Waals surface area contributed by atoms with E-state index in [4.69, 9.17) is 9.15 Å². The second kappa shape index (κ2) is 10.2. The molecule has 0 spiro atoms. The van der Waals surface area contributed by atoms with Crippen molar-refractivity contribution in [1.82, 2.24) is 20.5 Å². The molecule has 0 saturated heterocycles. The molecule has 164 valence electrons. The number of amides is 3. The van der Waals surface area contributed by atoms with Crippen molar-refractivity contribution in [2.24, 2.45) is 0 Å². The van der Waals surface area contributed by atoms with Crippen LogP contribution in [-0.4, -0.2) is 54.5 Å². The summed E-state index contributed by atoms with van der Waals surface area (Å²) in [6.07, 6.45) is 3.04. The maximum atomic E-state index is 12.7. The summed E-state index contributed by atoms with van der Waals surface area (Å²) in [7, 11) is 1.69. The molecule has 11 heteroatoms. The quantitative estimate of drug-likeness (QED) is 0.483. The zero-order chi connectivity index (χ0) is 22.4. The highest BCUT2D eigenvalue weighted by molar-refractivity contribution is 9.10. The number of carbonyl (C=O) groups excluding carboxylic acids is 3. The zero-order valence-electron chi connectivity index (χ0n) is 17.0. The van der Waals surface area contributed by atoms with E-state index in [0.29, 0.717) is 17.3 Å². The zero-order valence-corrected chi connectivity index (χ0v) is 18.6. The number of urea groups is 1. The number of rotatable bonds is 8. The third kappa shape index (κ3) is 5.92. The monoisotopic (exact) mass is 491 g/mol. The molecule has 2 aromatic rings. The SMILES string of the molecule is CCOC(=O)C1=C(CN(C)CC(=O)Nc2ccc(Br)cn2)NC(=O)NC1c1ccco1. The van der Waals surface area contributed by atoms with Crippen molar-refractivity contribution < 1.29 is 23.5 Å². The molecule has 2 aromatic heterocycles. The van der Waals surface area contributed by atoms with E-state index in [1.54, 1.807) is 49.3 Å². The molecule has 3 N–H and O–H groups in total. The molecule has 0 saturated carbocycles. The smallest absolute Gasteiger partial charge is 0.338 e. The van der Waals surface area contributed by atoms with Crippen LogP contribution in [0.4, 0.5) is 10.6 Å². The topological polar surface area (TPSA) is 126 Å². The van der Waals surface area contributed by atoms with Crippen LogP contribution in [0.15, 0.2) is 56.9 Å². The molecule has 0 radical (unpaired) electrons. The number of carbonyl (C=O) groups is 3. The Hall–Kier alpha value is -3.18. The highest BCUT2D eigenvalue weighted by atomic mass is 79.9. The highest BCUT2D eigenvalue weighted by Crippen LogP contribution is 2.28. The Morgan fingerprint density at radius 2 is 2.16 bits per heavy atom. The molecule has 1 aliphatic heterocycles. The van der Waals surface area contributed by atoms with Gasteiger partial charge >= 0.3 is 12.0 Å². The Balaban J connectivity index is 1.76. The number of hydrogen-bond donors (Lipinski definition) is 3. The second-order valence-electron chi connectivity index (χ2n) is 6.74. The highest BCUT2D eigenvalue weighted by Gasteiger charge is 2.35. The third-order valence-electron chi connectivity index (χ3n) is 4.31. The minimum atomic E-state index is -0.799. The van der Waals surface area contributed by atoms with Gasteiger partial charge in [0.2, 0.25) is 5.91 Å². The molecule has 3 rings (SSSR count). The first-order valence-corrected chi connectivity index (χ1v) is 10.3. The standard InChI is InChI=1S/C20H22BrN5O5/c1-3-30-19(28)17-13(23-20(29)25-18(17)14-5-4-8-31-14)10-26(2)11-16(27)24-15-7-6-12(21)9-22-15/h4-9,18H,3,10-11H2,1-2H3,(H,22,24,27)(H2,23,25,29). The fourth-order valence-electron chi connectivity index (χ4n) is 3.06. The number of pyridine rings is 1. The normalized spacial score (nSPS) is 16.0. The van der Waals surface area contributed by atoms with Gasteiger partial charge in [-0.05, 0) is 54.2 Å². The van der Waals surface area contributed by atoms with Crippen molar-refractivity contribution in [1.29, 1.82) is 0 Å². The van der Waals surface area contributed by atoms with Gasteiger partial charge in [0.1, 0.15) is 17.6 Å². The number of hydrogen-bond acceptors (Lipinski definition) is 7. The lowest BCUT2D eigenvalue weighted by Gasteiger charge is -2.29. The Morgan fingerprint density at radius 1 is 1.35 bits per heavy atom. The van der Waals surface area contributed by atoms with Crippen LogP contribution >= 0.6 is 15.9 Å². The minimum absolute atomic E-state index is 0.00602. The number of ether oxygens (including phenoxy) is 1. The van der Waals surface area contributed by atoms with Gasteiger partial charge < -0.3 is 25.1 Å². The molecule has 0 aliphatic carbocycles. The Kier molecular flexibility index (Phi) is 7.42. The third-order valence-corrected chi connectivity index (χ3v) is 4.78. The van der Waals surface area contributed by atoms with Gasteiger partial charge in [-0.15, -0.1) is 0 Å². The second-order valence-corrected chi connectivity index (χ2v) is 7.66. The van der Waals surface area contributed by atoms with E-state index in [1.807, 2.05) is 0 Å². The molecule has 31 heavy (non-hydrogen) atoms. The molecule has 3 heterocycles. The summed E-state index contributed by atoms with van der Waals surface area (Å²) < 4.78 is 11.4. The van der Waals surface area contributed by atoms with Crippen LogP contribution in [0.1, 0.15) is 18.7 Å². The number of halogens is 1. The van der Waals surface area contributed by atoms with E-state index in [-0.39, 0.29) is 31.2 Å². The van der Waals surface area contributed by atoms with Gasteiger partial charge in [0.25, 0.3) is 0 Å². The maximum absolute atomic E-state index is 12.7. The molecule has 1 aliphatic rings. The maximum Gasteiger partial charge on any atom is 0.338 e. The fraction of sp³-hybridized carbons (Fsp3) is 0.300. The molecule has 0 fully saturated rings. The number of aromatic nitrogens is 1. The van der Waals surface area contributed by atoms with Crippen LogP contribution in [0, 0.1) is 0 Å². The van der Waals surface area contributed by atoms with Crippen molar-refractivity contribution in [3.8, 4) is 0 Å². The van der Waals surface area contributed by atoms with Gasteiger partial charge in [-0.2, -0.15) is 0 Å². The Labute approximate surface area is 187 Å². The lowest BCUT2D eigenvalue weighted by atomic mass is 10.00. The predicted octanol–water partition coefficient (Wildman–Crippen LogP) is 2.18. The molecular formula is C20H22BrN5O5. The first kappa shape index (κ1) is 22.5. The first-order chi connectivity index (χ1) is 14.9. The van der Waals surface area contributed by atoms with Crippen LogP contribution in [0.3, 0.4) is 0 Å². The van der Waals surface area contributed by atoms with E-state index < -0.39 is 18.0 Å². The van der Waals surface area contributed by atoms with Crippen LogP contribution in [0.2, 0.25) is 0 Å². The summed E-state index contributed by atoms with van der Waals surface area (Å²) in [4.78, 5) is 43.0. The van der Waals surface area contributed by atoms with Crippen LogP contribution in [-0.2, 0) is 14.3 Å². The molecule has 10 nitrogen and oxygen atoms in total. The van der Waals surface area contributed by atoms with Gasteiger partial charge in [0.05, 0.1) is 25.0 Å². The summed E-state index contributed by atoms with van der Waals surface area (Å²) >= 11 is 3.29. The van der Waals surface area contributed by atoms with Gasteiger partial charge in [-0.25, -0.2) is 14.6 Å². The molecule has 0 bridgehead atoms. The van der Waals surface area contributed by atoms with Crippen LogP contribution in [0.5, 0.6) is 0 Å². The molecule has 1 unspecified atom stereocenters. The number of likely N-dealkylation sites (N-methyl/N-ethyl adjacent to an activating group) is 1. The fourth-order valence-corrected chi connectivity index (χ4v) is 3.30. The average Bonchev–Trinajstić information content (AvgIpc) is 3.24. The average molecular weight is 492 g/mol. The number of furan rings is 1. The Morgan fingerprint density at radius 3 is 2.81 bits per heavy atom. The number of nitrogens with zero attached hydrogens (tertiary/aromatic N) is 2. The summed E-state index contributed by atoms with van der Waals surface area (Å²) in [5.74, 6) is -0.0556. The van der Waals surface area contributed by atoms with E-state index >= 15 is 0 Å². The van der Waals surface area contributed by atoms with Crippen molar-refractivity contribution in [2.45, 2.75) is 13.0 Å². The van der Waals surface area contributed by atoms with E-state index in [9.17, 15) is 14.4 Å². The van der Waals surface area contributed by atoms with Crippen molar-refractivity contribution in [3.05, 3.63) is 58.2 Å². The molecule has 3 amide bonds. The number of esters is 1.